The molecule has 0 radical (unpaired) electrons. The Morgan fingerprint density at radius 2 is 1.74 bits per heavy atom. The highest BCUT2D eigenvalue weighted by atomic mass is 79.9. The molecule has 2 aromatic carbocycles. The molecule has 0 saturated carbocycles. The van der Waals surface area contributed by atoms with Crippen molar-refractivity contribution in [2.45, 2.75) is 0 Å². The van der Waals surface area contributed by atoms with Crippen molar-refractivity contribution in [1.82, 2.24) is 5.32 Å². The van der Waals surface area contributed by atoms with Gasteiger partial charge in [-0.3, -0.25) is 19.9 Å². The number of imide groups is 2. The maximum absolute atomic E-state index is 12.8. The second kappa shape index (κ2) is 8.01. The van der Waals surface area contributed by atoms with Crippen molar-refractivity contribution in [3.05, 3.63) is 51.4 Å². The van der Waals surface area contributed by atoms with E-state index >= 15 is 0 Å². The van der Waals surface area contributed by atoms with E-state index in [0.717, 1.165) is 13.8 Å². The molecule has 0 bridgehead atoms. The molecule has 1 N–H and O–H groups in total. The van der Waals surface area contributed by atoms with Crippen molar-refractivity contribution >= 4 is 67.3 Å². The number of benzene rings is 2. The minimum Gasteiger partial charge on any atom is -0.494 e. The van der Waals surface area contributed by atoms with Crippen LogP contribution in [0, 0.1) is 5.92 Å². The van der Waals surface area contributed by atoms with Gasteiger partial charge in [0.15, 0.2) is 5.92 Å². The van der Waals surface area contributed by atoms with Crippen LogP contribution in [-0.4, -0.2) is 31.2 Å². The molecule has 4 amide bonds. The number of carbonyl (C=O) groups excluding carboxylic acids is 3. The number of urea groups is 1. The summed E-state index contributed by atoms with van der Waals surface area (Å²) in [6.45, 7) is 0. The lowest BCUT2D eigenvalue weighted by Crippen LogP contribution is -2.58. The summed E-state index contributed by atoms with van der Waals surface area (Å²) in [4.78, 5) is 42.2. The first kappa shape index (κ1) is 19.2. The van der Waals surface area contributed by atoms with Gasteiger partial charge in [0.05, 0.1) is 12.8 Å². The minimum absolute atomic E-state index is 0.353. The van der Waals surface area contributed by atoms with Gasteiger partial charge in [0.25, 0.3) is 5.91 Å². The van der Waals surface area contributed by atoms with Gasteiger partial charge in [-0.1, -0.05) is 31.9 Å². The van der Waals surface area contributed by atoms with Crippen LogP contribution in [0.1, 0.15) is 0 Å². The molecule has 1 aliphatic rings. The molecule has 0 aromatic heterocycles. The van der Waals surface area contributed by atoms with Crippen LogP contribution >= 0.6 is 31.9 Å². The van der Waals surface area contributed by atoms with Crippen molar-refractivity contribution in [3.63, 3.8) is 0 Å². The molecule has 1 fully saturated rings. The first-order chi connectivity index (χ1) is 12.9. The number of halogens is 2. The summed E-state index contributed by atoms with van der Waals surface area (Å²) in [5.41, 5.74) is 0.797. The smallest absolute Gasteiger partial charge is 0.335 e. The van der Waals surface area contributed by atoms with Gasteiger partial charge in [-0.05, 0) is 42.5 Å². The lowest BCUT2D eigenvalue weighted by atomic mass is 10.1. The number of methoxy groups -OCH3 is 1. The summed E-state index contributed by atoms with van der Waals surface area (Å²) >= 11 is 6.63. The van der Waals surface area contributed by atoms with E-state index in [4.69, 9.17) is 4.74 Å². The fourth-order valence-electron chi connectivity index (χ4n) is 2.48. The number of aliphatic imine (C=N–C) groups is 1. The Bertz CT molecular complexity index is 944. The number of hydrogen-bond acceptors (Lipinski definition) is 5. The van der Waals surface area contributed by atoms with Crippen LogP contribution in [0.4, 0.5) is 16.2 Å². The summed E-state index contributed by atoms with van der Waals surface area (Å²) in [5.74, 6) is -2.16. The molecule has 1 atom stereocenters. The number of nitrogens with zero attached hydrogens (tertiary/aromatic N) is 2. The van der Waals surface area contributed by atoms with Gasteiger partial charge in [-0.15, -0.1) is 0 Å². The highest BCUT2D eigenvalue weighted by Gasteiger charge is 2.40. The molecule has 0 unspecified atom stereocenters. The second-order valence-corrected chi connectivity index (χ2v) is 7.35. The quantitative estimate of drug-likeness (QED) is 0.517. The lowest BCUT2D eigenvalue weighted by Gasteiger charge is -2.28. The van der Waals surface area contributed by atoms with Crippen LogP contribution in [0.2, 0.25) is 0 Å². The van der Waals surface area contributed by atoms with Crippen molar-refractivity contribution in [1.29, 1.82) is 0 Å². The SMILES string of the molecule is COc1ccc(Br)cc1N=C[C@H]1C(=O)NC(=O)N(c2ccc(Br)cc2)C1=O. The number of anilines is 1. The number of carbonyl (C=O) groups is 3. The average molecular weight is 495 g/mol. The third-order valence-corrected chi connectivity index (χ3v) is 4.81. The Morgan fingerprint density at radius 1 is 1.07 bits per heavy atom. The number of nitrogens with one attached hydrogen (secondary N) is 1. The monoisotopic (exact) mass is 493 g/mol. The van der Waals surface area contributed by atoms with Gasteiger partial charge in [-0.2, -0.15) is 0 Å². The highest BCUT2D eigenvalue weighted by molar-refractivity contribution is 9.10. The molecule has 1 saturated heterocycles. The summed E-state index contributed by atoms with van der Waals surface area (Å²) in [7, 11) is 1.49. The normalized spacial score (nSPS) is 17.4. The number of amides is 4. The number of hydrogen-bond donors (Lipinski definition) is 1. The Kier molecular flexibility index (Phi) is 5.71. The maximum Gasteiger partial charge on any atom is 0.335 e. The van der Waals surface area contributed by atoms with Gasteiger partial charge in [0.2, 0.25) is 5.91 Å². The fourth-order valence-corrected chi connectivity index (χ4v) is 3.09. The van der Waals surface area contributed by atoms with Crippen molar-refractivity contribution in [2.24, 2.45) is 10.9 Å². The molecule has 1 heterocycles. The Balaban J connectivity index is 1.92. The fraction of sp³-hybridized carbons (Fsp3) is 0.111. The number of rotatable bonds is 4. The van der Waals surface area contributed by atoms with E-state index in [-0.39, 0.29) is 0 Å². The first-order valence-electron chi connectivity index (χ1n) is 7.73. The molecule has 27 heavy (non-hydrogen) atoms. The van der Waals surface area contributed by atoms with Crippen molar-refractivity contribution in [2.75, 3.05) is 12.0 Å². The predicted octanol–water partition coefficient (Wildman–Crippen LogP) is 3.82. The van der Waals surface area contributed by atoms with Crippen LogP contribution in [0.15, 0.2) is 56.4 Å². The largest absolute Gasteiger partial charge is 0.494 e. The minimum atomic E-state index is -1.24. The van der Waals surface area contributed by atoms with Crippen LogP contribution < -0.4 is 15.0 Å². The topological polar surface area (TPSA) is 88.1 Å². The van der Waals surface area contributed by atoms with E-state index in [1.807, 2.05) is 0 Å². The zero-order valence-electron chi connectivity index (χ0n) is 14.0. The molecular weight excluding hydrogens is 482 g/mol. The molecule has 9 heteroatoms. The summed E-state index contributed by atoms with van der Waals surface area (Å²) in [6, 6.07) is 11.0. The summed E-state index contributed by atoms with van der Waals surface area (Å²) in [5, 5.41) is 2.18. The van der Waals surface area contributed by atoms with Crippen LogP contribution in [0.25, 0.3) is 0 Å². The van der Waals surface area contributed by atoms with E-state index in [1.54, 1.807) is 42.5 Å². The zero-order valence-corrected chi connectivity index (χ0v) is 17.2. The molecule has 0 spiro atoms. The number of barbiturate groups is 1. The van der Waals surface area contributed by atoms with Gasteiger partial charge in [-0.25, -0.2) is 9.69 Å². The molecule has 1 aliphatic heterocycles. The molecule has 138 valence electrons. The lowest BCUT2D eigenvalue weighted by molar-refractivity contribution is -0.131. The second-order valence-electron chi connectivity index (χ2n) is 5.52. The van der Waals surface area contributed by atoms with Crippen molar-refractivity contribution < 1.29 is 19.1 Å². The van der Waals surface area contributed by atoms with E-state index in [9.17, 15) is 14.4 Å². The van der Waals surface area contributed by atoms with E-state index in [0.29, 0.717) is 17.1 Å². The standard InChI is InChI=1S/C18H13Br2N3O4/c1-27-15-7-4-11(20)8-14(15)21-9-13-16(24)22-18(26)23(17(13)25)12-5-2-10(19)3-6-12/h2-9,13H,1H3,(H,22,24,26)/t13-/m0/s1. The van der Waals surface area contributed by atoms with Gasteiger partial charge < -0.3 is 4.74 Å². The van der Waals surface area contributed by atoms with Gasteiger partial charge in [0, 0.05) is 15.2 Å². The summed E-state index contributed by atoms with van der Waals surface area (Å²) < 4.78 is 6.79. The first-order valence-corrected chi connectivity index (χ1v) is 9.31. The van der Waals surface area contributed by atoms with Crippen LogP contribution in [0.5, 0.6) is 5.75 Å². The molecular formula is C18H13Br2N3O4. The predicted molar refractivity (Wildman–Crippen MR) is 108 cm³/mol. The van der Waals surface area contributed by atoms with Crippen LogP contribution in [-0.2, 0) is 9.59 Å². The number of ether oxygens (including phenoxy) is 1. The van der Waals surface area contributed by atoms with Gasteiger partial charge in [0.1, 0.15) is 11.4 Å². The molecule has 2 aromatic rings. The third-order valence-electron chi connectivity index (χ3n) is 3.79. The third kappa shape index (κ3) is 4.09. The van der Waals surface area contributed by atoms with E-state index in [1.165, 1.54) is 13.3 Å². The maximum atomic E-state index is 12.8. The van der Waals surface area contributed by atoms with E-state index in [2.05, 4.69) is 42.2 Å². The van der Waals surface area contributed by atoms with E-state index < -0.39 is 23.8 Å². The Labute approximate surface area is 171 Å². The zero-order chi connectivity index (χ0) is 19.6. The molecule has 3 rings (SSSR count). The Hall–Kier alpha value is -2.52. The van der Waals surface area contributed by atoms with Crippen LogP contribution in [0.3, 0.4) is 0 Å². The highest BCUT2D eigenvalue weighted by Crippen LogP contribution is 2.31. The molecule has 0 aliphatic carbocycles. The van der Waals surface area contributed by atoms with Gasteiger partial charge >= 0.3 is 6.03 Å². The molecule has 7 nitrogen and oxygen atoms in total. The average Bonchev–Trinajstić information content (AvgIpc) is 2.63. The van der Waals surface area contributed by atoms with Crippen molar-refractivity contribution in [3.8, 4) is 5.75 Å². The Morgan fingerprint density at radius 3 is 2.41 bits per heavy atom. The summed E-state index contributed by atoms with van der Waals surface area (Å²) in [6.07, 6.45) is 1.21.